The van der Waals surface area contributed by atoms with Gasteiger partial charge >= 0.3 is 5.97 Å². The van der Waals surface area contributed by atoms with Crippen LogP contribution in [-0.2, 0) is 28.5 Å². The molecular weight excluding hydrogens is 316 g/mol. The number of aliphatic hydroxyl groups excluding tert-OH is 1. The maximum atomic E-state index is 12.0. The first kappa shape index (κ1) is 19.2. The molecule has 1 N–H and O–H groups in total. The van der Waals surface area contributed by atoms with Crippen molar-refractivity contribution in [2.24, 2.45) is 11.3 Å². The van der Waals surface area contributed by atoms with Gasteiger partial charge in [0, 0.05) is 30.8 Å². The molecule has 24 heavy (non-hydrogen) atoms. The minimum Gasteiger partial charge on any atom is -0.472 e. The van der Waals surface area contributed by atoms with E-state index >= 15 is 0 Å². The van der Waals surface area contributed by atoms with E-state index in [-0.39, 0.29) is 24.2 Å². The maximum absolute atomic E-state index is 12.0. The second-order valence-electron chi connectivity index (χ2n) is 6.96. The van der Waals surface area contributed by atoms with Crippen LogP contribution >= 0.6 is 0 Å². The van der Waals surface area contributed by atoms with Gasteiger partial charge in [0.15, 0.2) is 12.6 Å². The van der Waals surface area contributed by atoms with Gasteiger partial charge in [0.1, 0.15) is 0 Å². The molecule has 2 heterocycles. The van der Waals surface area contributed by atoms with Crippen LogP contribution < -0.4 is 0 Å². The number of hydrogen-bond donors (Lipinski definition) is 1. The number of hydrogen-bond acceptors (Lipinski definition) is 7. The summed E-state index contributed by atoms with van der Waals surface area (Å²) in [6, 6.07) is 0. The average molecular weight is 344 g/mol. The number of aliphatic hydroxyl groups is 1. The number of esters is 1. The van der Waals surface area contributed by atoms with Crippen molar-refractivity contribution in [3.63, 3.8) is 0 Å². The van der Waals surface area contributed by atoms with Gasteiger partial charge in [-0.15, -0.1) is 0 Å². The molecule has 1 fully saturated rings. The maximum Gasteiger partial charge on any atom is 0.337 e. The zero-order valence-corrected chi connectivity index (χ0v) is 14.7. The number of ether oxygens (including phenoxy) is 5. The molecule has 2 atom stereocenters. The van der Waals surface area contributed by atoms with Crippen LogP contribution in [0, 0.1) is 11.3 Å². The van der Waals surface area contributed by atoms with Gasteiger partial charge in [0.05, 0.1) is 38.8 Å². The van der Waals surface area contributed by atoms with Crippen molar-refractivity contribution in [1.29, 1.82) is 0 Å². The molecule has 7 heteroatoms. The molecule has 7 nitrogen and oxygen atoms in total. The van der Waals surface area contributed by atoms with Gasteiger partial charge in [-0.1, -0.05) is 13.8 Å². The zero-order chi connectivity index (χ0) is 17.6. The number of carbonyl (C=O) groups excluding carboxylic acids is 1. The lowest BCUT2D eigenvalue weighted by Crippen LogP contribution is -2.40. The molecule has 0 aromatic carbocycles. The summed E-state index contributed by atoms with van der Waals surface area (Å²) >= 11 is 0. The van der Waals surface area contributed by atoms with Gasteiger partial charge in [0.2, 0.25) is 0 Å². The third-order valence-electron chi connectivity index (χ3n) is 4.09. The van der Waals surface area contributed by atoms with E-state index in [9.17, 15) is 4.79 Å². The lowest BCUT2D eigenvalue weighted by atomic mass is 9.90. The monoisotopic (exact) mass is 344 g/mol. The van der Waals surface area contributed by atoms with Crippen molar-refractivity contribution in [3.05, 3.63) is 11.8 Å². The second-order valence-corrected chi connectivity index (χ2v) is 6.96. The summed E-state index contributed by atoms with van der Waals surface area (Å²) in [6.45, 7) is 5.88. The Kier molecular flexibility index (Phi) is 7.03. The summed E-state index contributed by atoms with van der Waals surface area (Å²) in [5, 5.41) is 8.83. The molecule has 0 unspecified atom stereocenters. The average Bonchev–Trinajstić information content (AvgIpc) is 2.56. The van der Waals surface area contributed by atoms with Crippen LogP contribution in [0.3, 0.4) is 0 Å². The third-order valence-corrected chi connectivity index (χ3v) is 4.09. The zero-order valence-electron chi connectivity index (χ0n) is 14.7. The van der Waals surface area contributed by atoms with Crippen molar-refractivity contribution in [2.75, 3.05) is 33.5 Å². The first-order valence-electron chi connectivity index (χ1n) is 8.34. The van der Waals surface area contributed by atoms with E-state index in [4.69, 9.17) is 28.8 Å². The molecule has 138 valence electrons. The van der Waals surface area contributed by atoms with Crippen LogP contribution in [0.15, 0.2) is 11.8 Å². The highest BCUT2D eigenvalue weighted by atomic mass is 16.7. The Morgan fingerprint density at radius 1 is 1.38 bits per heavy atom. The van der Waals surface area contributed by atoms with E-state index < -0.39 is 12.3 Å². The van der Waals surface area contributed by atoms with Gasteiger partial charge in [-0.25, -0.2) is 4.79 Å². The quantitative estimate of drug-likeness (QED) is 0.555. The van der Waals surface area contributed by atoms with Gasteiger partial charge in [-0.05, 0) is 6.42 Å². The van der Waals surface area contributed by atoms with Crippen LogP contribution in [0.4, 0.5) is 0 Å². The molecule has 2 aliphatic rings. The summed E-state index contributed by atoms with van der Waals surface area (Å²) in [5.74, 6) is -0.540. The molecule has 0 aliphatic carbocycles. The van der Waals surface area contributed by atoms with E-state index in [1.165, 1.54) is 13.4 Å². The Hall–Kier alpha value is -1.15. The van der Waals surface area contributed by atoms with E-state index in [0.717, 1.165) is 0 Å². The van der Waals surface area contributed by atoms with Crippen LogP contribution in [0.5, 0.6) is 0 Å². The molecular formula is C17H28O7. The van der Waals surface area contributed by atoms with Crippen LogP contribution in [-0.4, -0.2) is 57.2 Å². The van der Waals surface area contributed by atoms with Crippen molar-refractivity contribution in [3.8, 4) is 0 Å². The van der Waals surface area contributed by atoms with Gasteiger partial charge in [0.25, 0.3) is 0 Å². The fraction of sp³-hybridized carbons (Fsp3) is 0.824. The first-order valence-corrected chi connectivity index (χ1v) is 8.34. The van der Waals surface area contributed by atoms with Crippen LogP contribution in [0.25, 0.3) is 0 Å². The summed E-state index contributed by atoms with van der Waals surface area (Å²) in [7, 11) is 1.35. The molecule has 0 aromatic heterocycles. The van der Waals surface area contributed by atoms with Crippen LogP contribution in [0.1, 0.15) is 33.1 Å². The van der Waals surface area contributed by atoms with E-state index in [1.54, 1.807) is 0 Å². The molecule has 0 bridgehead atoms. The van der Waals surface area contributed by atoms with Crippen molar-refractivity contribution in [2.45, 2.75) is 45.7 Å². The molecule has 0 aromatic rings. The predicted octanol–water partition coefficient (Wildman–Crippen LogP) is 1.59. The molecule has 0 radical (unpaired) electrons. The van der Waals surface area contributed by atoms with Crippen LogP contribution in [0.2, 0.25) is 0 Å². The number of rotatable bonds is 7. The molecule has 1 saturated heterocycles. The van der Waals surface area contributed by atoms with Gasteiger partial charge in [-0.2, -0.15) is 0 Å². The highest BCUT2D eigenvalue weighted by Gasteiger charge is 2.36. The molecule has 0 saturated carbocycles. The van der Waals surface area contributed by atoms with E-state index in [2.05, 4.69) is 13.8 Å². The molecule has 2 rings (SSSR count). The predicted molar refractivity (Wildman–Crippen MR) is 84.8 cm³/mol. The summed E-state index contributed by atoms with van der Waals surface area (Å²) < 4.78 is 27.4. The minimum atomic E-state index is -0.449. The third kappa shape index (κ3) is 5.44. The normalized spacial score (nSPS) is 27.2. The van der Waals surface area contributed by atoms with Crippen molar-refractivity contribution in [1.82, 2.24) is 0 Å². The Morgan fingerprint density at radius 3 is 2.71 bits per heavy atom. The minimum absolute atomic E-state index is 0.00311. The second kappa shape index (κ2) is 8.80. The smallest absolute Gasteiger partial charge is 0.337 e. The summed E-state index contributed by atoms with van der Waals surface area (Å²) in [4.78, 5) is 12.0. The van der Waals surface area contributed by atoms with E-state index in [0.29, 0.717) is 44.7 Å². The topological polar surface area (TPSA) is 83.5 Å². The largest absolute Gasteiger partial charge is 0.472 e. The molecule has 2 aliphatic heterocycles. The lowest BCUT2D eigenvalue weighted by molar-refractivity contribution is -0.230. The Labute approximate surface area is 142 Å². The molecule has 0 spiro atoms. The summed E-state index contributed by atoms with van der Waals surface area (Å²) in [6.07, 6.45) is 2.21. The SMILES string of the molecule is COC(=O)C1=CO[C@H](OCCCO)C[C@@H]1CC1OCC(C)(C)CO1. The summed E-state index contributed by atoms with van der Waals surface area (Å²) in [5.41, 5.74) is 0.472. The fourth-order valence-electron chi connectivity index (χ4n) is 2.70. The van der Waals surface area contributed by atoms with Gasteiger partial charge in [-0.3, -0.25) is 0 Å². The van der Waals surface area contributed by atoms with E-state index in [1.807, 2.05) is 0 Å². The van der Waals surface area contributed by atoms with Gasteiger partial charge < -0.3 is 28.8 Å². The Bertz CT molecular complexity index is 436. The lowest BCUT2D eigenvalue weighted by Gasteiger charge is -2.37. The van der Waals surface area contributed by atoms with Crippen molar-refractivity contribution < 1.29 is 33.6 Å². The Balaban J connectivity index is 1.95. The highest BCUT2D eigenvalue weighted by Crippen LogP contribution is 2.33. The number of carbonyl (C=O) groups is 1. The standard InChI is InChI=1S/C17H28O7/c1-17(2)10-23-15(24-11-17)8-12-7-14(21-6-4-5-18)22-9-13(12)16(19)20-3/h9,12,14-15,18H,4-8,10-11H2,1-3H3/t12-,14+/m1/s1. The fourth-order valence-corrected chi connectivity index (χ4v) is 2.70. The molecule has 0 amide bonds. The first-order chi connectivity index (χ1) is 11.4. The highest BCUT2D eigenvalue weighted by molar-refractivity contribution is 5.88. The Morgan fingerprint density at radius 2 is 2.08 bits per heavy atom. The van der Waals surface area contributed by atoms with Crippen molar-refractivity contribution >= 4 is 5.97 Å². The number of methoxy groups -OCH3 is 1.